The Balaban J connectivity index is 1.93. The summed E-state index contributed by atoms with van der Waals surface area (Å²) >= 11 is 0. The highest BCUT2D eigenvalue weighted by Gasteiger charge is 2.33. The van der Waals surface area contributed by atoms with E-state index in [1.165, 1.54) is 32.1 Å². The van der Waals surface area contributed by atoms with Gasteiger partial charge < -0.3 is 14.5 Å². The molecule has 1 aliphatic carbocycles. The summed E-state index contributed by atoms with van der Waals surface area (Å²) in [5.41, 5.74) is 0. The van der Waals surface area contributed by atoms with E-state index in [0.29, 0.717) is 11.9 Å². The van der Waals surface area contributed by atoms with Crippen molar-refractivity contribution in [1.82, 2.24) is 14.7 Å². The molecule has 1 saturated carbocycles. The van der Waals surface area contributed by atoms with Gasteiger partial charge in [-0.2, -0.15) is 0 Å². The van der Waals surface area contributed by atoms with Crippen LogP contribution in [-0.4, -0.2) is 85.7 Å². The molecule has 2 fully saturated rings. The van der Waals surface area contributed by atoms with Crippen molar-refractivity contribution in [2.24, 2.45) is 0 Å². The van der Waals surface area contributed by atoms with Gasteiger partial charge in [0.1, 0.15) is 0 Å². The molecule has 5 heteroatoms. The lowest BCUT2D eigenvalue weighted by atomic mass is 9.93. The first-order valence-electron chi connectivity index (χ1n) is 9.33. The van der Waals surface area contributed by atoms with E-state index >= 15 is 0 Å². The van der Waals surface area contributed by atoms with Crippen LogP contribution < -0.4 is 0 Å². The largest absolute Gasteiger partial charge is 0.374 e. The van der Waals surface area contributed by atoms with Crippen molar-refractivity contribution in [2.75, 3.05) is 46.9 Å². The molecule has 134 valence electrons. The molecule has 2 aliphatic rings. The minimum atomic E-state index is -0.0366. The molecule has 0 bridgehead atoms. The van der Waals surface area contributed by atoms with Gasteiger partial charge in [0.2, 0.25) is 5.91 Å². The van der Waals surface area contributed by atoms with Crippen molar-refractivity contribution < 1.29 is 9.53 Å². The third-order valence-corrected chi connectivity index (χ3v) is 5.28. The van der Waals surface area contributed by atoms with Gasteiger partial charge in [-0.15, -0.1) is 0 Å². The highest BCUT2D eigenvalue weighted by Crippen LogP contribution is 2.24. The number of rotatable bonds is 6. The van der Waals surface area contributed by atoms with Gasteiger partial charge in [0.15, 0.2) is 0 Å². The quantitative estimate of drug-likeness (QED) is 0.746. The maximum absolute atomic E-state index is 13.0. The number of nitrogens with zero attached hydrogens (tertiary/aromatic N) is 3. The van der Waals surface area contributed by atoms with Gasteiger partial charge in [-0.1, -0.05) is 19.3 Å². The van der Waals surface area contributed by atoms with Crippen molar-refractivity contribution in [3.8, 4) is 0 Å². The first kappa shape index (κ1) is 18.7. The fraction of sp³-hybridized carbons (Fsp3) is 0.944. The highest BCUT2D eigenvalue weighted by atomic mass is 16.5. The Hall–Kier alpha value is -0.650. The van der Waals surface area contributed by atoms with E-state index in [1.54, 1.807) is 0 Å². The Morgan fingerprint density at radius 3 is 2.57 bits per heavy atom. The molecule has 0 N–H and O–H groups in total. The van der Waals surface area contributed by atoms with E-state index in [1.807, 2.05) is 0 Å². The van der Waals surface area contributed by atoms with Gasteiger partial charge in [-0.25, -0.2) is 0 Å². The summed E-state index contributed by atoms with van der Waals surface area (Å²) in [7, 11) is 4.14. The molecule has 1 amide bonds. The summed E-state index contributed by atoms with van der Waals surface area (Å²) in [4.78, 5) is 19.6. The van der Waals surface area contributed by atoms with Gasteiger partial charge in [0.25, 0.3) is 0 Å². The maximum Gasteiger partial charge on any atom is 0.239 e. The lowest BCUT2D eigenvalue weighted by Gasteiger charge is -2.41. The first-order chi connectivity index (χ1) is 11.0. The average Bonchev–Trinajstić information content (AvgIpc) is 2.55. The van der Waals surface area contributed by atoms with Crippen LogP contribution in [0.5, 0.6) is 0 Å². The van der Waals surface area contributed by atoms with E-state index in [9.17, 15) is 4.79 Å². The summed E-state index contributed by atoms with van der Waals surface area (Å²) in [5.74, 6) is 0.310. The summed E-state index contributed by atoms with van der Waals surface area (Å²) in [6.07, 6.45) is 6.43. The van der Waals surface area contributed by atoms with Crippen LogP contribution in [-0.2, 0) is 9.53 Å². The Labute approximate surface area is 141 Å². The lowest BCUT2D eigenvalue weighted by molar-refractivity contribution is -0.142. The summed E-state index contributed by atoms with van der Waals surface area (Å²) in [5, 5.41) is 0. The predicted octanol–water partition coefficient (Wildman–Crippen LogP) is 1.82. The normalized spacial score (nSPS) is 25.5. The Bertz CT molecular complexity index is 369. The third-order valence-electron chi connectivity index (χ3n) is 5.28. The molecule has 2 rings (SSSR count). The van der Waals surface area contributed by atoms with E-state index in [0.717, 1.165) is 32.8 Å². The van der Waals surface area contributed by atoms with Crippen LogP contribution in [0.25, 0.3) is 0 Å². The number of ether oxygens (including phenoxy) is 1. The van der Waals surface area contributed by atoms with Crippen LogP contribution in [0, 0.1) is 0 Å². The van der Waals surface area contributed by atoms with Gasteiger partial charge in [0.05, 0.1) is 18.8 Å². The molecule has 23 heavy (non-hydrogen) atoms. The van der Waals surface area contributed by atoms with Crippen LogP contribution in [0.4, 0.5) is 0 Å². The molecule has 5 nitrogen and oxygen atoms in total. The smallest absolute Gasteiger partial charge is 0.239 e. The molecule has 0 spiro atoms. The molecule has 0 aromatic rings. The topological polar surface area (TPSA) is 36.0 Å². The lowest BCUT2D eigenvalue weighted by Crippen LogP contribution is -2.56. The molecule has 0 radical (unpaired) electrons. The second-order valence-corrected chi connectivity index (χ2v) is 7.34. The summed E-state index contributed by atoms with van der Waals surface area (Å²) in [6, 6.07) is 0.424. The van der Waals surface area contributed by atoms with Crippen molar-refractivity contribution in [2.45, 2.75) is 64.1 Å². The molecule has 1 saturated heterocycles. The molecule has 0 aromatic carbocycles. The average molecular weight is 325 g/mol. The zero-order chi connectivity index (χ0) is 16.8. The fourth-order valence-electron chi connectivity index (χ4n) is 3.99. The monoisotopic (exact) mass is 325 g/mol. The molecule has 0 unspecified atom stereocenters. The van der Waals surface area contributed by atoms with E-state index in [2.05, 4.69) is 42.6 Å². The molecule has 1 aliphatic heterocycles. The number of likely N-dealkylation sites (N-methyl/N-ethyl adjacent to an activating group) is 2. The Morgan fingerprint density at radius 1 is 1.26 bits per heavy atom. The van der Waals surface area contributed by atoms with Gasteiger partial charge in [-0.05, 0) is 40.8 Å². The second-order valence-electron chi connectivity index (χ2n) is 7.34. The van der Waals surface area contributed by atoms with Crippen molar-refractivity contribution in [3.05, 3.63) is 0 Å². The predicted molar refractivity (Wildman–Crippen MR) is 93.6 cm³/mol. The third kappa shape index (κ3) is 5.16. The van der Waals surface area contributed by atoms with Crippen molar-refractivity contribution in [3.63, 3.8) is 0 Å². The SMILES string of the molecule is CCN(C(=O)[C@H](C)N1CCO[C@H](CN(C)C)C1)C1CCCCC1. The minimum absolute atomic E-state index is 0.0366. The maximum atomic E-state index is 13.0. The van der Waals surface area contributed by atoms with Gasteiger partial charge in [-0.3, -0.25) is 9.69 Å². The second kappa shape index (κ2) is 9.00. The number of amides is 1. The van der Waals surface area contributed by atoms with E-state index in [4.69, 9.17) is 4.74 Å². The zero-order valence-electron chi connectivity index (χ0n) is 15.5. The van der Waals surface area contributed by atoms with Gasteiger partial charge >= 0.3 is 0 Å². The van der Waals surface area contributed by atoms with E-state index < -0.39 is 0 Å². The summed E-state index contributed by atoms with van der Waals surface area (Å²) in [6.45, 7) is 8.38. The minimum Gasteiger partial charge on any atom is -0.374 e. The number of carbonyl (C=O) groups excluding carboxylic acids is 1. The highest BCUT2D eigenvalue weighted by molar-refractivity contribution is 5.81. The standard InChI is InChI=1S/C18H35N3O2/c1-5-21(16-9-7-6-8-10-16)18(22)15(2)20-11-12-23-17(14-20)13-19(3)4/h15-17H,5-14H2,1-4H3/t15-,17+/m0/s1. The molecular weight excluding hydrogens is 290 g/mol. The molecule has 2 atom stereocenters. The van der Waals surface area contributed by atoms with E-state index in [-0.39, 0.29) is 12.1 Å². The van der Waals surface area contributed by atoms with Crippen LogP contribution in [0.2, 0.25) is 0 Å². The number of morpholine rings is 1. The number of carbonyl (C=O) groups is 1. The molecule has 0 aromatic heterocycles. The number of hydrogen-bond acceptors (Lipinski definition) is 4. The first-order valence-corrected chi connectivity index (χ1v) is 9.33. The molecule has 1 heterocycles. The van der Waals surface area contributed by atoms with Crippen LogP contribution in [0.3, 0.4) is 0 Å². The fourth-order valence-corrected chi connectivity index (χ4v) is 3.99. The van der Waals surface area contributed by atoms with Crippen LogP contribution >= 0.6 is 0 Å². The van der Waals surface area contributed by atoms with Crippen LogP contribution in [0.15, 0.2) is 0 Å². The Morgan fingerprint density at radius 2 is 1.96 bits per heavy atom. The zero-order valence-corrected chi connectivity index (χ0v) is 15.5. The summed E-state index contributed by atoms with van der Waals surface area (Å²) < 4.78 is 5.84. The molecular formula is C18H35N3O2. The van der Waals surface area contributed by atoms with Crippen molar-refractivity contribution >= 4 is 5.91 Å². The number of hydrogen-bond donors (Lipinski definition) is 0. The Kier molecular flexibility index (Phi) is 7.31. The van der Waals surface area contributed by atoms with Crippen LogP contribution in [0.1, 0.15) is 46.0 Å². The van der Waals surface area contributed by atoms with Crippen molar-refractivity contribution in [1.29, 1.82) is 0 Å². The van der Waals surface area contributed by atoms with Gasteiger partial charge in [0, 0.05) is 32.2 Å².